The van der Waals surface area contributed by atoms with Gasteiger partial charge in [0.15, 0.2) is 0 Å². The van der Waals surface area contributed by atoms with Gasteiger partial charge in [0.1, 0.15) is 5.75 Å². The topological polar surface area (TPSA) is 68.7 Å². The summed E-state index contributed by atoms with van der Waals surface area (Å²) in [6.45, 7) is 1.26. The zero-order valence-electron chi connectivity index (χ0n) is 16.1. The lowest BCUT2D eigenvalue weighted by Gasteiger charge is -2.39. The summed E-state index contributed by atoms with van der Waals surface area (Å²) in [6.07, 6.45) is 3.44. The standard InChI is InChI=1S/C23H25ClN2O3/c24-16-6-9-20-19(12-16)18-10-11-26(23(28)29-13-14-2-1-3-14)22(21(18)25-20)15-4-7-17(27)8-5-15/h4-9,12,14,22-23,25,27-28H,1-3,10-11,13H2/t22-,23?/m0/s1. The van der Waals surface area contributed by atoms with E-state index in [1.807, 2.05) is 35.2 Å². The summed E-state index contributed by atoms with van der Waals surface area (Å²) in [5.74, 6) is 0.786. The van der Waals surface area contributed by atoms with E-state index in [-0.39, 0.29) is 11.8 Å². The maximum Gasteiger partial charge on any atom is 0.216 e. The van der Waals surface area contributed by atoms with E-state index in [9.17, 15) is 10.2 Å². The molecule has 6 heteroatoms. The molecule has 1 aliphatic carbocycles. The van der Waals surface area contributed by atoms with Crippen LogP contribution in [0.3, 0.4) is 0 Å². The molecule has 5 nitrogen and oxygen atoms in total. The van der Waals surface area contributed by atoms with Crippen LogP contribution in [0.15, 0.2) is 42.5 Å². The van der Waals surface area contributed by atoms with Crippen molar-refractivity contribution in [2.24, 2.45) is 5.92 Å². The third-order valence-corrected chi connectivity index (χ3v) is 6.56. The molecule has 0 radical (unpaired) electrons. The van der Waals surface area contributed by atoms with Crippen LogP contribution in [-0.4, -0.2) is 39.7 Å². The molecular formula is C23H25ClN2O3. The SMILES string of the molecule is Oc1ccc([C@H]2c3[nH]c4ccc(Cl)cc4c3CCN2C(O)OCC2CCC2)cc1. The molecule has 29 heavy (non-hydrogen) atoms. The first-order chi connectivity index (χ1) is 14.1. The Labute approximate surface area is 174 Å². The molecule has 2 aromatic carbocycles. The second kappa shape index (κ2) is 7.65. The minimum Gasteiger partial charge on any atom is -0.508 e. The van der Waals surface area contributed by atoms with Gasteiger partial charge in [-0.2, -0.15) is 0 Å². The van der Waals surface area contributed by atoms with Gasteiger partial charge in [-0.3, -0.25) is 0 Å². The summed E-state index contributed by atoms with van der Waals surface area (Å²) in [5.41, 5.74) is 4.30. The number of nitrogens with zero attached hydrogens (tertiary/aromatic N) is 1. The molecule has 0 saturated heterocycles. The Hall–Kier alpha value is -2.05. The first kappa shape index (κ1) is 18.9. The van der Waals surface area contributed by atoms with Crippen LogP contribution >= 0.6 is 11.6 Å². The number of ether oxygens (including phenoxy) is 1. The highest BCUT2D eigenvalue weighted by atomic mass is 35.5. The number of aliphatic hydroxyl groups is 1. The minimum atomic E-state index is -0.974. The number of H-pyrrole nitrogens is 1. The molecular weight excluding hydrogens is 388 g/mol. The number of aromatic nitrogens is 1. The van der Waals surface area contributed by atoms with E-state index < -0.39 is 6.41 Å². The van der Waals surface area contributed by atoms with Crippen LogP contribution in [0.5, 0.6) is 5.75 Å². The summed E-state index contributed by atoms with van der Waals surface area (Å²) < 4.78 is 5.87. The van der Waals surface area contributed by atoms with Crippen molar-refractivity contribution in [3.63, 3.8) is 0 Å². The lowest BCUT2D eigenvalue weighted by Crippen LogP contribution is -2.45. The van der Waals surface area contributed by atoms with E-state index in [1.165, 1.54) is 24.8 Å². The first-order valence-corrected chi connectivity index (χ1v) is 10.6. The fraction of sp³-hybridized carbons (Fsp3) is 0.391. The summed E-state index contributed by atoms with van der Waals surface area (Å²) in [4.78, 5) is 5.54. The maximum atomic E-state index is 10.9. The number of phenols is 1. The van der Waals surface area contributed by atoms with E-state index in [0.717, 1.165) is 28.6 Å². The second-order valence-electron chi connectivity index (χ2n) is 8.15. The van der Waals surface area contributed by atoms with Crippen LogP contribution in [0.2, 0.25) is 5.02 Å². The smallest absolute Gasteiger partial charge is 0.216 e. The van der Waals surface area contributed by atoms with E-state index in [1.54, 1.807) is 12.1 Å². The lowest BCUT2D eigenvalue weighted by molar-refractivity contribution is -0.213. The van der Waals surface area contributed by atoms with Gasteiger partial charge < -0.3 is 19.9 Å². The van der Waals surface area contributed by atoms with Gasteiger partial charge in [-0.25, -0.2) is 4.90 Å². The fourth-order valence-corrected chi connectivity index (χ4v) is 4.68. The lowest BCUT2D eigenvalue weighted by atomic mass is 9.86. The second-order valence-corrected chi connectivity index (χ2v) is 8.58. The predicted molar refractivity (Wildman–Crippen MR) is 113 cm³/mol. The van der Waals surface area contributed by atoms with Crippen LogP contribution in [0.1, 0.15) is 42.1 Å². The largest absolute Gasteiger partial charge is 0.508 e. The molecule has 3 N–H and O–H groups in total. The number of aromatic amines is 1. The minimum absolute atomic E-state index is 0.193. The number of halogens is 1. The number of nitrogens with one attached hydrogen (secondary N) is 1. The average Bonchev–Trinajstić information content (AvgIpc) is 3.04. The highest BCUT2D eigenvalue weighted by Gasteiger charge is 2.36. The Morgan fingerprint density at radius 3 is 2.69 bits per heavy atom. The van der Waals surface area contributed by atoms with Gasteiger partial charge >= 0.3 is 0 Å². The van der Waals surface area contributed by atoms with Crippen molar-refractivity contribution in [3.05, 3.63) is 64.3 Å². The third kappa shape index (κ3) is 3.53. The highest BCUT2D eigenvalue weighted by molar-refractivity contribution is 6.31. The number of fused-ring (bicyclic) bond motifs is 3. The van der Waals surface area contributed by atoms with E-state index in [0.29, 0.717) is 24.1 Å². The number of hydrogen-bond donors (Lipinski definition) is 3. The van der Waals surface area contributed by atoms with Crippen molar-refractivity contribution < 1.29 is 14.9 Å². The zero-order chi connectivity index (χ0) is 20.0. The van der Waals surface area contributed by atoms with Gasteiger partial charge in [0.05, 0.1) is 12.6 Å². The monoisotopic (exact) mass is 412 g/mol. The number of aliphatic hydroxyl groups excluding tert-OH is 1. The summed E-state index contributed by atoms with van der Waals surface area (Å²) in [5, 5.41) is 22.5. The normalized spacial score (nSPS) is 21.1. The Morgan fingerprint density at radius 2 is 1.97 bits per heavy atom. The fourth-order valence-electron chi connectivity index (χ4n) is 4.51. The molecule has 2 atom stereocenters. The van der Waals surface area contributed by atoms with Crippen LogP contribution < -0.4 is 0 Å². The van der Waals surface area contributed by atoms with Gasteiger partial charge in [0, 0.05) is 28.2 Å². The highest BCUT2D eigenvalue weighted by Crippen LogP contribution is 2.40. The molecule has 2 aliphatic rings. The quantitative estimate of drug-likeness (QED) is 0.537. The Balaban J connectivity index is 1.53. The van der Waals surface area contributed by atoms with Crippen molar-refractivity contribution >= 4 is 22.5 Å². The number of aromatic hydroxyl groups is 1. The molecule has 3 aromatic rings. The van der Waals surface area contributed by atoms with Crippen molar-refractivity contribution in [3.8, 4) is 5.75 Å². The van der Waals surface area contributed by atoms with Crippen LogP contribution in [0, 0.1) is 5.92 Å². The Morgan fingerprint density at radius 1 is 1.17 bits per heavy atom. The van der Waals surface area contributed by atoms with Crippen LogP contribution in [0.25, 0.3) is 10.9 Å². The van der Waals surface area contributed by atoms with Crippen molar-refractivity contribution in [2.45, 2.75) is 38.1 Å². The van der Waals surface area contributed by atoms with E-state index in [4.69, 9.17) is 16.3 Å². The molecule has 0 spiro atoms. The van der Waals surface area contributed by atoms with Gasteiger partial charge in [-0.05, 0) is 66.6 Å². The Kier molecular flexibility index (Phi) is 5.00. The maximum absolute atomic E-state index is 10.9. The molecule has 5 rings (SSSR count). The molecule has 2 heterocycles. The molecule has 1 unspecified atom stereocenters. The zero-order valence-corrected chi connectivity index (χ0v) is 16.9. The van der Waals surface area contributed by atoms with Gasteiger partial charge in [-0.1, -0.05) is 30.2 Å². The Bertz CT molecular complexity index is 1010. The van der Waals surface area contributed by atoms with Crippen molar-refractivity contribution in [1.29, 1.82) is 0 Å². The van der Waals surface area contributed by atoms with Crippen LogP contribution in [-0.2, 0) is 11.2 Å². The van der Waals surface area contributed by atoms with E-state index >= 15 is 0 Å². The number of hydrogen-bond acceptors (Lipinski definition) is 4. The first-order valence-electron chi connectivity index (χ1n) is 10.2. The molecule has 1 fully saturated rings. The van der Waals surface area contributed by atoms with Crippen molar-refractivity contribution in [1.82, 2.24) is 9.88 Å². The van der Waals surface area contributed by atoms with Gasteiger partial charge in [-0.15, -0.1) is 0 Å². The molecule has 1 aliphatic heterocycles. The number of phenolic OH excluding ortho intramolecular Hbond substituents is 1. The molecule has 0 bridgehead atoms. The number of benzene rings is 2. The summed E-state index contributed by atoms with van der Waals surface area (Å²) in [7, 11) is 0. The molecule has 1 aromatic heterocycles. The van der Waals surface area contributed by atoms with Gasteiger partial charge in [0.25, 0.3) is 0 Å². The summed E-state index contributed by atoms with van der Waals surface area (Å²) >= 11 is 6.25. The molecule has 0 amide bonds. The van der Waals surface area contributed by atoms with Crippen molar-refractivity contribution in [2.75, 3.05) is 13.2 Å². The van der Waals surface area contributed by atoms with Crippen LogP contribution in [0.4, 0.5) is 0 Å². The molecule has 1 saturated carbocycles. The predicted octanol–water partition coefficient (Wildman–Crippen LogP) is 4.57. The van der Waals surface area contributed by atoms with E-state index in [2.05, 4.69) is 4.98 Å². The number of rotatable bonds is 5. The summed E-state index contributed by atoms with van der Waals surface area (Å²) in [6, 6.07) is 12.9. The third-order valence-electron chi connectivity index (χ3n) is 6.32. The average molecular weight is 413 g/mol. The van der Waals surface area contributed by atoms with Gasteiger partial charge in [0.2, 0.25) is 6.41 Å². The molecule has 152 valence electrons.